The first kappa shape index (κ1) is 19.0. The van der Waals surface area contributed by atoms with E-state index in [9.17, 15) is 24.9 Å². The van der Waals surface area contributed by atoms with Crippen LogP contribution < -0.4 is 10.2 Å². The fraction of sp³-hybridized carbons (Fsp3) is 0.158. The van der Waals surface area contributed by atoms with Crippen LogP contribution >= 0.6 is 22.6 Å². The van der Waals surface area contributed by atoms with Gasteiger partial charge >= 0.3 is 0 Å². The lowest BCUT2D eigenvalue weighted by molar-refractivity contribution is -0.107. The van der Waals surface area contributed by atoms with Crippen LogP contribution in [0.25, 0.3) is 0 Å². The molecule has 0 bridgehead atoms. The van der Waals surface area contributed by atoms with Gasteiger partial charge in [-0.3, -0.25) is 4.79 Å². The third-order valence-corrected chi connectivity index (χ3v) is 5.12. The number of fused-ring (bicyclic) bond motifs is 2. The molecule has 0 fully saturated rings. The van der Waals surface area contributed by atoms with E-state index in [0.717, 1.165) is 15.9 Å². The van der Waals surface area contributed by atoms with E-state index < -0.39 is 5.91 Å². The number of rotatable bonds is 5. The molecule has 0 radical (unpaired) electrons. The maximum Gasteiger partial charge on any atom is 0.260 e. The number of nitrogens with zero attached hydrogens (tertiary/aromatic N) is 1. The Morgan fingerprint density at radius 2 is 1.93 bits per heavy atom. The molecule has 0 aromatic heterocycles. The van der Waals surface area contributed by atoms with Gasteiger partial charge in [-0.05, 0) is 44.7 Å². The zero-order valence-electron chi connectivity index (χ0n) is 14.1. The maximum atomic E-state index is 13.1. The van der Waals surface area contributed by atoms with Crippen molar-refractivity contribution in [3.63, 3.8) is 0 Å². The van der Waals surface area contributed by atoms with E-state index in [2.05, 4.69) is 27.9 Å². The summed E-state index contributed by atoms with van der Waals surface area (Å²) in [5, 5.41) is 33.2. The second kappa shape index (κ2) is 7.87. The lowest BCUT2D eigenvalue weighted by Gasteiger charge is -2.22. The highest BCUT2D eigenvalue weighted by Crippen LogP contribution is 2.45. The highest BCUT2D eigenvalue weighted by molar-refractivity contribution is 14.1. The van der Waals surface area contributed by atoms with E-state index in [-0.39, 0.29) is 46.4 Å². The number of carbonyl (C=O) groups excluding carboxylic acids is 2. The van der Waals surface area contributed by atoms with Gasteiger partial charge in [0.25, 0.3) is 5.91 Å². The summed E-state index contributed by atoms with van der Waals surface area (Å²) in [5.74, 6) is -0.968. The zero-order valence-corrected chi connectivity index (χ0v) is 16.3. The molecule has 2 aromatic rings. The fourth-order valence-corrected chi connectivity index (χ4v) is 3.35. The quantitative estimate of drug-likeness (QED) is 0.224. The highest BCUT2D eigenvalue weighted by atomic mass is 127. The number of phenols is 3. The van der Waals surface area contributed by atoms with E-state index in [0.29, 0.717) is 12.8 Å². The Morgan fingerprint density at radius 3 is 2.67 bits per heavy atom. The molecule has 0 aliphatic carbocycles. The summed E-state index contributed by atoms with van der Waals surface area (Å²) >= 11 is 2.11. The third kappa shape index (κ3) is 3.85. The number of para-hydroxylation sites is 1. The molecule has 0 atom stereocenters. The van der Waals surface area contributed by atoms with Crippen molar-refractivity contribution in [1.82, 2.24) is 0 Å². The van der Waals surface area contributed by atoms with E-state index >= 15 is 0 Å². The molecule has 1 aliphatic heterocycles. The van der Waals surface area contributed by atoms with Crippen LogP contribution in [-0.4, -0.2) is 34.1 Å². The Labute approximate surface area is 169 Å². The van der Waals surface area contributed by atoms with E-state index in [1.165, 1.54) is 17.0 Å². The molecule has 0 spiro atoms. The van der Waals surface area contributed by atoms with Crippen LogP contribution in [0.3, 0.4) is 0 Å². The number of aromatic hydroxyl groups is 3. The minimum Gasteiger partial charge on any atom is -0.508 e. The van der Waals surface area contributed by atoms with Crippen molar-refractivity contribution in [3.8, 4) is 17.2 Å². The number of phenolic OH excluding ortho intramolecular Hbond substituents is 3. The molecule has 1 heterocycles. The van der Waals surface area contributed by atoms with Crippen LogP contribution in [0.1, 0.15) is 23.2 Å². The number of carbonyl (C=O) groups is 2. The van der Waals surface area contributed by atoms with Crippen molar-refractivity contribution >= 4 is 51.8 Å². The van der Waals surface area contributed by atoms with Gasteiger partial charge in [0.1, 0.15) is 29.2 Å². The van der Waals surface area contributed by atoms with Crippen LogP contribution in [0.2, 0.25) is 0 Å². The predicted octanol–water partition coefficient (Wildman–Crippen LogP) is 3.81. The largest absolute Gasteiger partial charge is 0.508 e. The average molecular weight is 480 g/mol. The molecule has 8 heteroatoms. The average Bonchev–Trinajstić information content (AvgIpc) is 2.74. The summed E-state index contributed by atoms with van der Waals surface area (Å²) in [6.07, 6.45) is 3.59. The molecule has 27 heavy (non-hydrogen) atoms. The second-order valence-electron chi connectivity index (χ2n) is 5.96. The number of allylic oxidation sites excluding steroid dienone is 1. The first-order chi connectivity index (χ1) is 12.9. The van der Waals surface area contributed by atoms with Gasteiger partial charge in [-0.1, -0.05) is 12.1 Å². The van der Waals surface area contributed by atoms with Gasteiger partial charge in [-0.2, -0.15) is 0 Å². The number of hydrogen-bond donors (Lipinski definition) is 4. The molecular formula is C19H17IN2O5. The number of halogens is 1. The topological polar surface area (TPSA) is 110 Å². The Hall–Kier alpha value is -2.75. The predicted molar refractivity (Wildman–Crippen MR) is 110 cm³/mol. The Kier molecular flexibility index (Phi) is 5.54. The van der Waals surface area contributed by atoms with Gasteiger partial charge in [0.05, 0.1) is 16.9 Å². The van der Waals surface area contributed by atoms with Gasteiger partial charge in [-0.15, -0.1) is 0 Å². The first-order valence-electron chi connectivity index (χ1n) is 8.17. The Morgan fingerprint density at radius 1 is 1.15 bits per heavy atom. The second-order valence-corrected chi connectivity index (χ2v) is 7.34. The van der Waals surface area contributed by atoms with Crippen LogP contribution in [-0.2, 0) is 4.79 Å². The number of anilines is 3. The maximum absolute atomic E-state index is 13.1. The van der Waals surface area contributed by atoms with Gasteiger partial charge in [-0.25, -0.2) is 0 Å². The van der Waals surface area contributed by atoms with Crippen molar-refractivity contribution in [2.45, 2.75) is 12.8 Å². The van der Waals surface area contributed by atoms with E-state index in [4.69, 9.17) is 0 Å². The molecular weight excluding hydrogens is 463 g/mol. The summed E-state index contributed by atoms with van der Waals surface area (Å²) < 4.78 is 0.909. The van der Waals surface area contributed by atoms with Crippen LogP contribution in [0, 0.1) is 0 Å². The van der Waals surface area contributed by atoms with Gasteiger partial charge in [0, 0.05) is 25.1 Å². The van der Waals surface area contributed by atoms with Crippen molar-refractivity contribution in [3.05, 3.63) is 45.6 Å². The highest BCUT2D eigenvalue weighted by Gasteiger charge is 2.29. The monoisotopic (exact) mass is 480 g/mol. The Balaban J connectivity index is 2.11. The minimum atomic E-state index is -0.395. The van der Waals surface area contributed by atoms with Gasteiger partial charge < -0.3 is 30.3 Å². The number of amides is 1. The molecule has 2 aromatic carbocycles. The minimum absolute atomic E-state index is 0.128. The summed E-state index contributed by atoms with van der Waals surface area (Å²) in [7, 11) is 0. The molecule has 4 N–H and O–H groups in total. The zero-order chi connectivity index (χ0) is 19.6. The molecule has 0 saturated heterocycles. The summed E-state index contributed by atoms with van der Waals surface area (Å²) in [6.45, 7) is 0.169. The van der Waals surface area contributed by atoms with Crippen molar-refractivity contribution in [2.75, 3.05) is 16.8 Å². The molecule has 1 amide bonds. The summed E-state index contributed by atoms with van der Waals surface area (Å²) in [6, 6.07) is 7.09. The van der Waals surface area contributed by atoms with Crippen molar-refractivity contribution in [2.24, 2.45) is 0 Å². The lowest BCUT2D eigenvalue weighted by Crippen LogP contribution is -2.30. The molecule has 0 unspecified atom stereocenters. The number of benzene rings is 2. The van der Waals surface area contributed by atoms with E-state index in [1.807, 2.05) is 0 Å². The normalized spacial score (nSPS) is 13.4. The Bertz CT molecular complexity index is 942. The van der Waals surface area contributed by atoms with Crippen LogP contribution in [0.4, 0.5) is 17.1 Å². The van der Waals surface area contributed by atoms with Crippen LogP contribution in [0.5, 0.6) is 17.2 Å². The number of nitrogens with one attached hydrogen (secondary N) is 1. The smallest absolute Gasteiger partial charge is 0.260 e. The fourth-order valence-electron chi connectivity index (χ4n) is 2.84. The van der Waals surface area contributed by atoms with Gasteiger partial charge in [0.2, 0.25) is 0 Å². The molecule has 140 valence electrons. The third-order valence-electron chi connectivity index (χ3n) is 4.14. The summed E-state index contributed by atoms with van der Waals surface area (Å²) in [4.78, 5) is 25.1. The number of aldehydes is 1. The SMILES string of the molecule is O=CCC/C(I)=C/CN1C(=O)c2cccc(O)c2Nc2c(O)cc(O)cc21. The first-order valence-corrected chi connectivity index (χ1v) is 9.25. The van der Waals surface area contributed by atoms with Crippen LogP contribution in [0.15, 0.2) is 40.0 Å². The summed E-state index contributed by atoms with van der Waals surface area (Å²) in [5.41, 5.74) is 0.912. The standard InChI is InChI=1S/C19H17IN2O5/c20-11(3-2-8-23)6-7-22-14-9-12(24)10-16(26)18(14)21-17-13(19(22)27)4-1-5-15(17)25/h1,4-6,8-10,21,24-26H,2-3,7H2/b11-6-. The molecule has 0 saturated carbocycles. The van der Waals surface area contributed by atoms with Gasteiger partial charge in [0.15, 0.2) is 0 Å². The lowest BCUT2D eigenvalue weighted by atomic mass is 10.1. The van der Waals surface area contributed by atoms with Crippen molar-refractivity contribution < 1.29 is 24.9 Å². The molecule has 3 rings (SSSR count). The van der Waals surface area contributed by atoms with E-state index in [1.54, 1.807) is 18.2 Å². The van der Waals surface area contributed by atoms with Crippen molar-refractivity contribution in [1.29, 1.82) is 0 Å². The molecule has 7 nitrogen and oxygen atoms in total. The molecule has 1 aliphatic rings. The number of hydrogen-bond acceptors (Lipinski definition) is 6.